The molecule has 0 bridgehead atoms. The summed E-state index contributed by atoms with van der Waals surface area (Å²) in [7, 11) is 1.58. The van der Waals surface area contributed by atoms with Crippen LogP contribution in [0.15, 0.2) is 42.5 Å². The second kappa shape index (κ2) is 7.43. The number of hydrogen-bond acceptors (Lipinski definition) is 3. The van der Waals surface area contributed by atoms with Gasteiger partial charge in [-0.25, -0.2) is 0 Å². The molecule has 3 rings (SSSR count). The van der Waals surface area contributed by atoms with Gasteiger partial charge in [0.05, 0.1) is 18.7 Å². The van der Waals surface area contributed by atoms with Gasteiger partial charge >= 0.3 is 0 Å². The minimum atomic E-state index is -0.378. The van der Waals surface area contributed by atoms with E-state index in [-0.39, 0.29) is 24.2 Å². The number of nitrogens with zero attached hydrogens (tertiary/aromatic N) is 1. The number of methoxy groups -OCH3 is 1. The molecule has 2 aromatic rings. The summed E-state index contributed by atoms with van der Waals surface area (Å²) in [5.41, 5.74) is 2.50. The fourth-order valence-electron chi connectivity index (χ4n) is 2.90. The smallest absolute Gasteiger partial charge is 0.229 e. The topological polar surface area (TPSA) is 58.6 Å². The van der Waals surface area contributed by atoms with Crippen molar-refractivity contribution in [3.63, 3.8) is 0 Å². The van der Waals surface area contributed by atoms with Gasteiger partial charge in [0.15, 0.2) is 0 Å². The van der Waals surface area contributed by atoms with Crippen molar-refractivity contribution in [1.82, 2.24) is 0 Å². The zero-order valence-corrected chi connectivity index (χ0v) is 16.2. The van der Waals surface area contributed by atoms with Crippen molar-refractivity contribution in [2.75, 3.05) is 23.9 Å². The van der Waals surface area contributed by atoms with Crippen molar-refractivity contribution in [2.24, 2.45) is 5.92 Å². The summed E-state index contributed by atoms with van der Waals surface area (Å²) < 4.78 is 6.47. The van der Waals surface area contributed by atoms with Gasteiger partial charge in [-0.1, -0.05) is 6.07 Å². The number of amides is 2. The van der Waals surface area contributed by atoms with Crippen LogP contribution < -0.4 is 15.0 Å². The number of anilines is 2. The highest BCUT2D eigenvalue weighted by Gasteiger charge is 2.36. The fraction of sp³-hybridized carbons (Fsp3) is 0.263. The van der Waals surface area contributed by atoms with Gasteiger partial charge in [0.1, 0.15) is 5.75 Å². The van der Waals surface area contributed by atoms with E-state index in [2.05, 4.69) is 27.9 Å². The lowest BCUT2D eigenvalue weighted by atomic mass is 10.1. The zero-order chi connectivity index (χ0) is 18.0. The van der Waals surface area contributed by atoms with Crippen LogP contribution >= 0.6 is 22.6 Å². The summed E-state index contributed by atoms with van der Waals surface area (Å²) in [5, 5.41) is 2.89. The Morgan fingerprint density at radius 2 is 1.96 bits per heavy atom. The number of rotatable bonds is 4. The van der Waals surface area contributed by atoms with Crippen LogP contribution in [0, 0.1) is 16.4 Å². The first-order valence-corrected chi connectivity index (χ1v) is 9.07. The standard InChI is InChI=1S/C19H19IN2O3/c1-12-3-8-17(25-2)16(9-12)22-11-13(10-18(22)23)19(24)21-15-6-4-14(20)5-7-15/h3-9,13H,10-11H2,1-2H3,(H,21,24). The molecule has 1 N–H and O–H groups in total. The van der Waals surface area contributed by atoms with Crippen LogP contribution in [0.2, 0.25) is 0 Å². The van der Waals surface area contributed by atoms with Crippen molar-refractivity contribution in [3.05, 3.63) is 51.6 Å². The SMILES string of the molecule is COc1ccc(C)cc1N1CC(C(=O)Nc2ccc(I)cc2)CC1=O. The second-order valence-corrected chi connectivity index (χ2v) is 7.32. The third-order valence-corrected chi connectivity index (χ3v) is 4.95. The van der Waals surface area contributed by atoms with Gasteiger partial charge in [-0.3, -0.25) is 9.59 Å². The number of aryl methyl sites for hydroxylation is 1. The first kappa shape index (κ1) is 17.7. The largest absolute Gasteiger partial charge is 0.495 e. The Balaban J connectivity index is 1.75. The number of halogens is 1. The molecule has 1 unspecified atom stereocenters. The molecule has 25 heavy (non-hydrogen) atoms. The van der Waals surface area contributed by atoms with E-state index in [1.165, 1.54) is 0 Å². The molecule has 1 aliphatic rings. The average Bonchev–Trinajstić information content (AvgIpc) is 2.98. The minimum Gasteiger partial charge on any atom is -0.495 e. The highest BCUT2D eigenvalue weighted by molar-refractivity contribution is 14.1. The molecule has 1 saturated heterocycles. The van der Waals surface area contributed by atoms with Gasteiger partial charge in [-0.15, -0.1) is 0 Å². The number of nitrogens with one attached hydrogen (secondary N) is 1. The van der Waals surface area contributed by atoms with Gasteiger partial charge in [0.2, 0.25) is 11.8 Å². The molecule has 2 amide bonds. The Bertz CT molecular complexity index is 805. The number of benzene rings is 2. The van der Waals surface area contributed by atoms with Crippen LogP contribution in [0.5, 0.6) is 5.75 Å². The summed E-state index contributed by atoms with van der Waals surface area (Å²) in [6.45, 7) is 2.32. The first-order chi connectivity index (χ1) is 12.0. The monoisotopic (exact) mass is 450 g/mol. The zero-order valence-electron chi connectivity index (χ0n) is 14.1. The first-order valence-electron chi connectivity index (χ1n) is 7.99. The van der Waals surface area contributed by atoms with Crippen LogP contribution in [0.3, 0.4) is 0 Å². The maximum absolute atomic E-state index is 12.5. The summed E-state index contributed by atoms with van der Waals surface area (Å²) in [6.07, 6.45) is 0.202. The van der Waals surface area contributed by atoms with Crippen molar-refractivity contribution >= 4 is 45.8 Å². The quantitative estimate of drug-likeness (QED) is 0.725. The molecule has 1 heterocycles. The van der Waals surface area contributed by atoms with Crippen molar-refractivity contribution in [3.8, 4) is 5.75 Å². The third kappa shape index (κ3) is 3.95. The molecule has 1 aliphatic heterocycles. The molecular formula is C19H19IN2O3. The lowest BCUT2D eigenvalue weighted by molar-refractivity contribution is -0.122. The number of carbonyl (C=O) groups excluding carboxylic acids is 2. The predicted molar refractivity (Wildman–Crippen MR) is 106 cm³/mol. The van der Waals surface area contributed by atoms with Gasteiger partial charge in [0.25, 0.3) is 0 Å². The van der Waals surface area contributed by atoms with E-state index in [1.54, 1.807) is 12.0 Å². The minimum absolute atomic E-state index is 0.0633. The normalized spacial score (nSPS) is 16.8. The second-order valence-electron chi connectivity index (χ2n) is 6.08. The molecule has 1 atom stereocenters. The summed E-state index contributed by atoms with van der Waals surface area (Å²) in [5.74, 6) is 0.0602. The van der Waals surface area contributed by atoms with E-state index in [4.69, 9.17) is 4.74 Å². The highest BCUT2D eigenvalue weighted by atomic mass is 127. The maximum atomic E-state index is 12.5. The molecule has 0 aromatic heterocycles. The number of carbonyl (C=O) groups is 2. The Kier molecular flexibility index (Phi) is 5.27. The summed E-state index contributed by atoms with van der Waals surface area (Å²) in [4.78, 5) is 26.6. The Hall–Kier alpha value is -2.09. The van der Waals surface area contributed by atoms with Gasteiger partial charge in [0, 0.05) is 22.2 Å². The van der Waals surface area contributed by atoms with Crippen LogP contribution in [0.4, 0.5) is 11.4 Å². The maximum Gasteiger partial charge on any atom is 0.229 e. The number of ether oxygens (including phenoxy) is 1. The van der Waals surface area contributed by atoms with Crippen LogP contribution in [-0.2, 0) is 9.59 Å². The molecule has 0 radical (unpaired) electrons. The Labute approximate surface area is 160 Å². The van der Waals surface area contributed by atoms with Crippen LogP contribution in [0.1, 0.15) is 12.0 Å². The molecule has 2 aromatic carbocycles. The lowest BCUT2D eigenvalue weighted by Crippen LogP contribution is -2.28. The molecule has 0 saturated carbocycles. The van der Waals surface area contributed by atoms with Gasteiger partial charge < -0.3 is 15.0 Å². The average molecular weight is 450 g/mol. The van der Waals surface area contributed by atoms with E-state index < -0.39 is 0 Å². The summed E-state index contributed by atoms with van der Waals surface area (Å²) >= 11 is 2.21. The Morgan fingerprint density at radius 1 is 1.24 bits per heavy atom. The lowest BCUT2D eigenvalue weighted by Gasteiger charge is -2.20. The molecule has 6 heteroatoms. The molecule has 0 aliphatic carbocycles. The van der Waals surface area contributed by atoms with Crippen molar-refractivity contribution in [2.45, 2.75) is 13.3 Å². The molecule has 1 fully saturated rings. The van der Waals surface area contributed by atoms with E-state index in [9.17, 15) is 9.59 Å². The van der Waals surface area contributed by atoms with E-state index >= 15 is 0 Å². The number of hydrogen-bond donors (Lipinski definition) is 1. The summed E-state index contributed by atoms with van der Waals surface area (Å²) in [6, 6.07) is 13.3. The highest BCUT2D eigenvalue weighted by Crippen LogP contribution is 2.34. The van der Waals surface area contributed by atoms with Crippen LogP contribution in [0.25, 0.3) is 0 Å². The molecule has 5 nitrogen and oxygen atoms in total. The van der Waals surface area contributed by atoms with Gasteiger partial charge in [-0.2, -0.15) is 0 Å². The van der Waals surface area contributed by atoms with Gasteiger partial charge in [-0.05, 0) is 71.5 Å². The van der Waals surface area contributed by atoms with Crippen LogP contribution in [-0.4, -0.2) is 25.5 Å². The van der Waals surface area contributed by atoms with E-state index in [0.29, 0.717) is 12.3 Å². The fourth-order valence-corrected chi connectivity index (χ4v) is 3.26. The van der Waals surface area contributed by atoms with Crippen molar-refractivity contribution < 1.29 is 14.3 Å². The van der Waals surface area contributed by atoms with Crippen molar-refractivity contribution in [1.29, 1.82) is 0 Å². The predicted octanol–water partition coefficient (Wildman–Crippen LogP) is 3.60. The third-order valence-electron chi connectivity index (χ3n) is 4.23. The molecule has 0 spiro atoms. The molecule has 130 valence electrons. The molecular weight excluding hydrogens is 431 g/mol. The van der Waals surface area contributed by atoms with E-state index in [0.717, 1.165) is 20.5 Å². The van der Waals surface area contributed by atoms with E-state index in [1.807, 2.05) is 49.4 Å². The Morgan fingerprint density at radius 3 is 2.64 bits per heavy atom.